The summed E-state index contributed by atoms with van der Waals surface area (Å²) in [5.41, 5.74) is 0.556. The van der Waals surface area contributed by atoms with Gasteiger partial charge in [0.2, 0.25) is 0 Å². The fraction of sp³-hybridized carbons (Fsp3) is 1.00. The summed E-state index contributed by atoms with van der Waals surface area (Å²) in [5.74, 6) is 5.35. The Morgan fingerprint density at radius 2 is 1.43 bits per heavy atom. The third-order valence-corrected chi connectivity index (χ3v) is 7.99. The molecule has 0 aromatic rings. The van der Waals surface area contributed by atoms with Gasteiger partial charge >= 0.3 is 0 Å². The topological polar surface area (TPSA) is 20.2 Å². The molecule has 0 saturated heterocycles. The molecule has 5 aliphatic carbocycles. The molecule has 5 rings (SSSR count). The van der Waals surface area contributed by atoms with Crippen molar-refractivity contribution in [1.29, 1.82) is 0 Å². The summed E-state index contributed by atoms with van der Waals surface area (Å²) in [4.78, 5) is 0. The minimum atomic E-state index is -0.00352. The van der Waals surface area contributed by atoms with Crippen molar-refractivity contribution in [1.82, 2.24) is 0 Å². The Bertz CT molecular complexity index is 352. The molecule has 5 saturated carbocycles. The summed E-state index contributed by atoms with van der Waals surface area (Å²) < 4.78 is 0. The van der Waals surface area contributed by atoms with Crippen LogP contribution in [0.25, 0.3) is 0 Å². The van der Waals surface area contributed by atoms with Gasteiger partial charge in [-0.2, -0.15) is 0 Å². The summed E-state index contributed by atoms with van der Waals surface area (Å²) in [6, 6.07) is 0. The van der Waals surface area contributed by atoms with Crippen LogP contribution in [-0.4, -0.2) is 11.2 Å². The van der Waals surface area contributed by atoms with Gasteiger partial charge in [0, 0.05) is 0 Å². The van der Waals surface area contributed by atoms with Crippen LogP contribution in [0.1, 0.15) is 78.1 Å². The molecule has 1 nitrogen and oxygen atoms in total. The Balaban J connectivity index is 1.41. The molecule has 0 heterocycles. The highest BCUT2D eigenvalue weighted by molar-refractivity contribution is 5.02. The Kier molecular flexibility index (Phi) is 3.64. The quantitative estimate of drug-likeness (QED) is 0.773. The van der Waals surface area contributed by atoms with E-state index >= 15 is 0 Å². The van der Waals surface area contributed by atoms with Gasteiger partial charge in [0.25, 0.3) is 0 Å². The van der Waals surface area contributed by atoms with Gasteiger partial charge in [0.05, 0.1) is 6.10 Å². The molecule has 5 fully saturated rings. The van der Waals surface area contributed by atoms with Gasteiger partial charge in [-0.05, 0) is 98.7 Å². The highest BCUT2D eigenvalue weighted by Gasteiger charge is 2.51. The van der Waals surface area contributed by atoms with Crippen molar-refractivity contribution < 1.29 is 5.11 Å². The zero-order chi connectivity index (χ0) is 14.6. The Morgan fingerprint density at radius 1 is 0.857 bits per heavy atom. The molecule has 4 atom stereocenters. The average Bonchev–Trinajstić information content (AvgIpc) is 2.39. The average molecular weight is 290 g/mol. The fourth-order valence-electron chi connectivity index (χ4n) is 7.09. The molecular weight excluding hydrogens is 256 g/mol. The van der Waals surface area contributed by atoms with Crippen molar-refractivity contribution >= 4 is 0 Å². The van der Waals surface area contributed by atoms with Gasteiger partial charge < -0.3 is 5.11 Å². The number of hydrogen-bond donors (Lipinski definition) is 1. The largest absolute Gasteiger partial charge is 0.393 e. The minimum absolute atomic E-state index is 0.00352. The lowest BCUT2D eigenvalue weighted by atomic mass is 9.48. The number of rotatable bonds is 3. The van der Waals surface area contributed by atoms with Crippen LogP contribution in [0.4, 0.5) is 0 Å². The molecule has 0 radical (unpaired) electrons. The minimum Gasteiger partial charge on any atom is -0.393 e. The lowest BCUT2D eigenvalue weighted by Gasteiger charge is -2.58. The van der Waals surface area contributed by atoms with E-state index in [1.165, 1.54) is 57.8 Å². The van der Waals surface area contributed by atoms with E-state index in [1.807, 2.05) is 0 Å². The molecule has 120 valence electrons. The second kappa shape index (κ2) is 5.25. The van der Waals surface area contributed by atoms with Gasteiger partial charge in [0.15, 0.2) is 0 Å². The maximum Gasteiger partial charge on any atom is 0.0573 e. The molecule has 4 unspecified atom stereocenters. The zero-order valence-corrected chi connectivity index (χ0v) is 14.1. The summed E-state index contributed by atoms with van der Waals surface area (Å²) >= 11 is 0. The van der Waals surface area contributed by atoms with Crippen molar-refractivity contribution in [3.63, 3.8) is 0 Å². The molecule has 21 heavy (non-hydrogen) atoms. The first-order valence-corrected chi connectivity index (χ1v) is 9.71. The van der Waals surface area contributed by atoms with E-state index < -0.39 is 0 Å². The lowest BCUT2D eigenvalue weighted by Crippen LogP contribution is -2.48. The highest BCUT2D eigenvalue weighted by atomic mass is 16.3. The van der Waals surface area contributed by atoms with Crippen molar-refractivity contribution in [3.05, 3.63) is 0 Å². The molecule has 1 heteroatoms. The van der Waals surface area contributed by atoms with E-state index in [2.05, 4.69) is 13.8 Å². The molecule has 1 N–H and O–H groups in total. The summed E-state index contributed by atoms with van der Waals surface area (Å²) in [7, 11) is 0. The van der Waals surface area contributed by atoms with E-state index in [-0.39, 0.29) is 6.10 Å². The SMILES string of the molecule is CC1CCC(C(O)CC23CC4CC(CC(C4)C2)C3)CC1C. The molecule has 5 aliphatic rings. The first kappa shape index (κ1) is 14.5. The Hall–Kier alpha value is -0.0400. The van der Waals surface area contributed by atoms with Gasteiger partial charge in [-0.1, -0.05) is 20.3 Å². The van der Waals surface area contributed by atoms with Crippen molar-refractivity contribution in [2.45, 2.75) is 84.2 Å². The molecular formula is C20H34O. The second-order valence-electron chi connectivity index (χ2n) is 9.72. The Morgan fingerprint density at radius 3 is 1.95 bits per heavy atom. The van der Waals surface area contributed by atoms with Crippen LogP contribution in [0, 0.1) is 40.9 Å². The molecule has 0 amide bonds. The second-order valence-corrected chi connectivity index (χ2v) is 9.72. The maximum atomic E-state index is 10.9. The van der Waals surface area contributed by atoms with E-state index in [4.69, 9.17) is 0 Å². The van der Waals surface area contributed by atoms with Gasteiger partial charge in [-0.3, -0.25) is 0 Å². The van der Waals surface area contributed by atoms with Gasteiger partial charge in [-0.25, -0.2) is 0 Å². The van der Waals surface area contributed by atoms with Gasteiger partial charge in [-0.15, -0.1) is 0 Å². The normalized spacial score (nSPS) is 53.9. The summed E-state index contributed by atoms with van der Waals surface area (Å²) in [6.07, 6.45) is 13.9. The van der Waals surface area contributed by atoms with Crippen LogP contribution in [0.2, 0.25) is 0 Å². The van der Waals surface area contributed by atoms with Crippen molar-refractivity contribution in [2.75, 3.05) is 0 Å². The Labute approximate surface area is 130 Å². The van der Waals surface area contributed by atoms with Crippen LogP contribution < -0.4 is 0 Å². The highest BCUT2D eigenvalue weighted by Crippen LogP contribution is 2.62. The van der Waals surface area contributed by atoms with E-state index in [0.717, 1.165) is 36.0 Å². The van der Waals surface area contributed by atoms with Crippen LogP contribution in [0.5, 0.6) is 0 Å². The smallest absolute Gasteiger partial charge is 0.0573 e. The van der Waals surface area contributed by atoms with Crippen LogP contribution in [0.3, 0.4) is 0 Å². The van der Waals surface area contributed by atoms with Crippen molar-refractivity contribution in [3.8, 4) is 0 Å². The predicted molar refractivity (Wildman–Crippen MR) is 86.9 cm³/mol. The van der Waals surface area contributed by atoms with Crippen LogP contribution >= 0.6 is 0 Å². The van der Waals surface area contributed by atoms with Gasteiger partial charge in [0.1, 0.15) is 0 Å². The van der Waals surface area contributed by atoms with Crippen LogP contribution in [-0.2, 0) is 0 Å². The third-order valence-electron chi connectivity index (χ3n) is 7.99. The first-order valence-electron chi connectivity index (χ1n) is 9.71. The lowest BCUT2D eigenvalue weighted by molar-refractivity contribution is -0.0877. The molecule has 0 aliphatic heterocycles. The van der Waals surface area contributed by atoms with E-state index in [1.54, 1.807) is 0 Å². The molecule has 0 aromatic heterocycles. The maximum absolute atomic E-state index is 10.9. The van der Waals surface area contributed by atoms with E-state index in [9.17, 15) is 5.11 Å². The summed E-state index contributed by atoms with van der Waals surface area (Å²) in [5, 5.41) is 10.9. The standard InChI is InChI=1S/C20H34O/c1-13-3-4-18(5-14(13)2)19(21)12-20-9-15-6-16(10-20)8-17(7-15)11-20/h13-19,21H,3-12H2,1-2H3. The van der Waals surface area contributed by atoms with Crippen molar-refractivity contribution in [2.24, 2.45) is 40.9 Å². The third kappa shape index (κ3) is 2.69. The first-order chi connectivity index (χ1) is 10.0. The zero-order valence-electron chi connectivity index (χ0n) is 14.1. The molecule has 0 aromatic carbocycles. The number of aliphatic hydroxyl groups is 1. The molecule has 4 bridgehead atoms. The number of hydrogen-bond acceptors (Lipinski definition) is 1. The fourth-order valence-corrected chi connectivity index (χ4v) is 7.09. The van der Waals surface area contributed by atoms with E-state index in [0.29, 0.717) is 11.3 Å². The van der Waals surface area contributed by atoms with Crippen LogP contribution in [0.15, 0.2) is 0 Å². The predicted octanol–water partition coefficient (Wildman–Crippen LogP) is 5.03. The number of aliphatic hydroxyl groups excluding tert-OH is 1. The molecule has 0 spiro atoms. The monoisotopic (exact) mass is 290 g/mol. The summed E-state index contributed by atoms with van der Waals surface area (Å²) in [6.45, 7) is 4.79.